The lowest BCUT2D eigenvalue weighted by atomic mass is 10.1. The molecule has 1 unspecified atom stereocenters. The first-order chi connectivity index (χ1) is 16.7. The molecule has 0 spiro atoms. The van der Waals surface area contributed by atoms with E-state index in [0.717, 1.165) is 22.5 Å². The molecule has 0 aromatic heterocycles. The molecule has 0 bridgehead atoms. The average molecular weight is 485 g/mol. The molecule has 0 saturated carbocycles. The summed E-state index contributed by atoms with van der Waals surface area (Å²) in [6.45, 7) is 4.01. The Morgan fingerprint density at radius 2 is 1.49 bits per heavy atom. The average Bonchev–Trinajstić information content (AvgIpc) is 2.84. The zero-order chi connectivity index (χ0) is 25.0. The smallest absolute Gasteiger partial charge is 0.324 e. The number of halogens is 3. The zero-order valence-corrected chi connectivity index (χ0v) is 19.3. The third kappa shape index (κ3) is 5.98. The van der Waals surface area contributed by atoms with E-state index in [2.05, 4.69) is 10.6 Å². The summed E-state index contributed by atoms with van der Waals surface area (Å²) < 4.78 is 39.5. The minimum Gasteiger partial charge on any atom is -0.324 e. The maximum absolute atomic E-state index is 13.2. The second-order valence-electron chi connectivity index (χ2n) is 8.60. The Balaban J connectivity index is 1.29. The first-order valence-electron chi connectivity index (χ1n) is 11.4. The first kappa shape index (κ1) is 24.7. The lowest BCUT2D eigenvalue weighted by Crippen LogP contribution is -2.53. The van der Waals surface area contributed by atoms with Crippen LogP contribution in [0.1, 0.15) is 12.5 Å². The van der Waals surface area contributed by atoms with Crippen LogP contribution in [0.4, 0.5) is 24.5 Å². The summed E-state index contributed by atoms with van der Waals surface area (Å²) in [5, 5.41) is 7.42. The minimum atomic E-state index is -4.54. The van der Waals surface area contributed by atoms with Crippen molar-refractivity contribution in [2.24, 2.45) is 0 Å². The van der Waals surface area contributed by atoms with Crippen molar-refractivity contribution in [2.75, 3.05) is 43.4 Å². The summed E-state index contributed by atoms with van der Waals surface area (Å²) in [6.07, 6.45) is -4.54. The van der Waals surface area contributed by atoms with Crippen molar-refractivity contribution in [1.29, 1.82) is 0 Å². The number of benzene rings is 3. The van der Waals surface area contributed by atoms with E-state index in [1.807, 2.05) is 59.2 Å². The quantitative estimate of drug-likeness (QED) is 0.543. The molecule has 9 heteroatoms. The molecule has 1 heterocycles. The molecule has 0 radical (unpaired) electrons. The maximum Gasteiger partial charge on any atom is 0.418 e. The van der Waals surface area contributed by atoms with Gasteiger partial charge >= 0.3 is 6.18 Å². The van der Waals surface area contributed by atoms with Gasteiger partial charge in [0.2, 0.25) is 11.8 Å². The standard InChI is InChI=1S/C26H27F3N4O2/c1-18(25(35)31-22-12-6-8-19-7-2-3-9-20(19)22)33-15-13-32(14-16-33)17-24(34)30-23-11-5-4-10-21(23)26(27,28)29/h2-12,18H,13-17H2,1H3,(H,30,34)(H,31,35). The Morgan fingerprint density at radius 1 is 0.857 bits per heavy atom. The minimum absolute atomic E-state index is 0.0172. The van der Waals surface area contributed by atoms with Crippen LogP contribution in [0.5, 0.6) is 0 Å². The SMILES string of the molecule is CC(C(=O)Nc1cccc2ccccc12)N1CCN(CC(=O)Nc2ccccc2C(F)(F)F)CC1. The summed E-state index contributed by atoms with van der Waals surface area (Å²) in [5.41, 5.74) is -0.360. The number of amides is 2. The van der Waals surface area contributed by atoms with Crippen molar-refractivity contribution < 1.29 is 22.8 Å². The van der Waals surface area contributed by atoms with Crippen LogP contribution >= 0.6 is 0 Å². The van der Waals surface area contributed by atoms with Crippen LogP contribution in [0.15, 0.2) is 66.7 Å². The Morgan fingerprint density at radius 3 is 2.23 bits per heavy atom. The van der Waals surface area contributed by atoms with E-state index in [1.54, 1.807) is 0 Å². The molecule has 4 rings (SSSR count). The van der Waals surface area contributed by atoms with E-state index in [1.165, 1.54) is 18.2 Å². The van der Waals surface area contributed by atoms with Crippen molar-refractivity contribution in [3.63, 3.8) is 0 Å². The number of fused-ring (bicyclic) bond motifs is 1. The monoisotopic (exact) mass is 484 g/mol. The summed E-state index contributed by atoms with van der Waals surface area (Å²) in [4.78, 5) is 29.2. The predicted molar refractivity (Wildman–Crippen MR) is 130 cm³/mol. The highest BCUT2D eigenvalue weighted by molar-refractivity contribution is 6.03. The molecule has 1 saturated heterocycles. The molecule has 0 aliphatic carbocycles. The molecule has 1 atom stereocenters. The van der Waals surface area contributed by atoms with E-state index in [-0.39, 0.29) is 24.2 Å². The molecule has 1 fully saturated rings. The summed E-state index contributed by atoms with van der Waals surface area (Å²) in [7, 11) is 0. The molecule has 2 N–H and O–H groups in total. The van der Waals surface area contributed by atoms with Crippen LogP contribution in [-0.2, 0) is 15.8 Å². The van der Waals surface area contributed by atoms with Crippen LogP contribution in [0.25, 0.3) is 10.8 Å². The number of piperazine rings is 1. The summed E-state index contributed by atoms with van der Waals surface area (Å²) in [5.74, 6) is -0.617. The third-order valence-corrected chi connectivity index (χ3v) is 6.26. The number of carbonyl (C=O) groups excluding carboxylic acids is 2. The van der Waals surface area contributed by atoms with Gasteiger partial charge in [0.05, 0.1) is 23.8 Å². The van der Waals surface area contributed by atoms with Gasteiger partial charge in [-0.15, -0.1) is 0 Å². The molecule has 1 aliphatic rings. The van der Waals surface area contributed by atoms with Crippen molar-refractivity contribution in [3.8, 4) is 0 Å². The van der Waals surface area contributed by atoms with Crippen LogP contribution in [0, 0.1) is 0 Å². The van der Waals surface area contributed by atoms with E-state index in [4.69, 9.17) is 0 Å². The Labute approximate surface area is 201 Å². The highest BCUT2D eigenvalue weighted by atomic mass is 19.4. The Kier molecular flexibility index (Phi) is 7.37. The number of nitrogens with one attached hydrogen (secondary N) is 2. The van der Waals surface area contributed by atoms with E-state index in [0.29, 0.717) is 26.2 Å². The lowest BCUT2D eigenvalue weighted by molar-refractivity contribution is -0.137. The molecule has 6 nitrogen and oxygen atoms in total. The van der Waals surface area contributed by atoms with E-state index in [9.17, 15) is 22.8 Å². The third-order valence-electron chi connectivity index (χ3n) is 6.26. The zero-order valence-electron chi connectivity index (χ0n) is 19.3. The molecule has 3 aromatic rings. The second kappa shape index (κ2) is 10.5. The number of carbonyl (C=O) groups is 2. The number of rotatable bonds is 6. The largest absolute Gasteiger partial charge is 0.418 e. The topological polar surface area (TPSA) is 64.7 Å². The maximum atomic E-state index is 13.2. The molecule has 3 aromatic carbocycles. The molecule has 184 valence electrons. The van der Waals surface area contributed by atoms with Gasteiger partial charge in [0.25, 0.3) is 0 Å². The predicted octanol–water partition coefficient (Wildman–Crippen LogP) is 4.44. The summed E-state index contributed by atoms with van der Waals surface area (Å²) in [6, 6.07) is 18.2. The van der Waals surface area contributed by atoms with E-state index < -0.39 is 17.6 Å². The fraction of sp³-hybridized carbons (Fsp3) is 0.308. The highest BCUT2D eigenvalue weighted by Crippen LogP contribution is 2.34. The molecular weight excluding hydrogens is 457 g/mol. The molecule has 2 amide bonds. The number of alkyl halides is 3. The summed E-state index contributed by atoms with van der Waals surface area (Å²) >= 11 is 0. The fourth-order valence-corrected chi connectivity index (χ4v) is 4.28. The van der Waals surface area contributed by atoms with Crippen LogP contribution in [0.3, 0.4) is 0 Å². The van der Waals surface area contributed by atoms with Crippen molar-refractivity contribution in [1.82, 2.24) is 9.80 Å². The van der Waals surface area contributed by atoms with Crippen LogP contribution < -0.4 is 10.6 Å². The van der Waals surface area contributed by atoms with Gasteiger partial charge in [-0.25, -0.2) is 0 Å². The van der Waals surface area contributed by atoms with Gasteiger partial charge in [0.1, 0.15) is 0 Å². The van der Waals surface area contributed by atoms with Gasteiger partial charge in [-0.3, -0.25) is 19.4 Å². The van der Waals surface area contributed by atoms with Gasteiger partial charge < -0.3 is 10.6 Å². The van der Waals surface area contributed by atoms with Gasteiger partial charge in [-0.1, -0.05) is 48.5 Å². The number of nitrogens with zero attached hydrogens (tertiary/aromatic N) is 2. The lowest BCUT2D eigenvalue weighted by Gasteiger charge is -2.37. The normalized spacial score (nSPS) is 16.1. The fourth-order valence-electron chi connectivity index (χ4n) is 4.28. The van der Waals surface area contributed by atoms with Crippen molar-refractivity contribution >= 4 is 34.0 Å². The number of hydrogen-bond acceptors (Lipinski definition) is 4. The number of anilines is 2. The van der Waals surface area contributed by atoms with E-state index >= 15 is 0 Å². The van der Waals surface area contributed by atoms with Crippen LogP contribution in [0.2, 0.25) is 0 Å². The Hall–Kier alpha value is -3.43. The second-order valence-corrected chi connectivity index (χ2v) is 8.60. The molecular formula is C26H27F3N4O2. The van der Waals surface area contributed by atoms with Gasteiger partial charge in [-0.2, -0.15) is 13.2 Å². The molecule has 35 heavy (non-hydrogen) atoms. The first-order valence-corrected chi connectivity index (χ1v) is 11.4. The highest BCUT2D eigenvalue weighted by Gasteiger charge is 2.34. The number of hydrogen-bond donors (Lipinski definition) is 2. The van der Waals surface area contributed by atoms with Gasteiger partial charge in [-0.05, 0) is 30.5 Å². The van der Waals surface area contributed by atoms with Crippen molar-refractivity contribution in [2.45, 2.75) is 19.1 Å². The van der Waals surface area contributed by atoms with Crippen molar-refractivity contribution in [3.05, 3.63) is 72.3 Å². The van der Waals surface area contributed by atoms with Gasteiger partial charge in [0.15, 0.2) is 0 Å². The van der Waals surface area contributed by atoms with Gasteiger partial charge in [0, 0.05) is 37.3 Å². The Bertz CT molecular complexity index is 1200. The number of para-hydroxylation sites is 1. The van der Waals surface area contributed by atoms with Crippen LogP contribution in [-0.4, -0.2) is 60.4 Å². The molecule has 1 aliphatic heterocycles.